The fourth-order valence-electron chi connectivity index (χ4n) is 5.60. The van der Waals surface area contributed by atoms with Crippen LogP contribution in [-0.4, -0.2) is 7.11 Å². The number of hydrogen-bond donors (Lipinski definition) is 0. The molecule has 5 heteroatoms. The van der Waals surface area contributed by atoms with Gasteiger partial charge in [-0.25, -0.2) is 13.2 Å². The summed E-state index contributed by atoms with van der Waals surface area (Å²) in [5, 5.41) is 0. The van der Waals surface area contributed by atoms with E-state index in [0.29, 0.717) is 11.5 Å². The molecule has 0 saturated heterocycles. The summed E-state index contributed by atoms with van der Waals surface area (Å²) in [5.41, 5.74) is 2.45. The van der Waals surface area contributed by atoms with Crippen LogP contribution in [-0.2, 0) is 12.8 Å². The van der Waals surface area contributed by atoms with Crippen molar-refractivity contribution < 1.29 is 22.3 Å². The van der Waals surface area contributed by atoms with Crippen LogP contribution >= 0.6 is 0 Å². The van der Waals surface area contributed by atoms with Gasteiger partial charge in [0.1, 0.15) is 0 Å². The van der Waals surface area contributed by atoms with E-state index >= 15 is 8.78 Å². The van der Waals surface area contributed by atoms with Crippen LogP contribution < -0.4 is 4.74 Å². The molecule has 3 aromatic carbocycles. The Morgan fingerprint density at radius 1 is 0.718 bits per heavy atom. The number of ether oxygens (including phenoxy) is 1. The molecule has 0 spiro atoms. The molecule has 1 aliphatic carbocycles. The first-order valence-electron chi connectivity index (χ1n) is 14.2. The molecule has 0 unspecified atom stereocenters. The molecular weight excluding hydrogens is 500 g/mol. The zero-order valence-electron chi connectivity index (χ0n) is 22.9. The summed E-state index contributed by atoms with van der Waals surface area (Å²) in [6.07, 6.45) is 14.8. The second-order valence-corrected chi connectivity index (χ2v) is 10.6. The van der Waals surface area contributed by atoms with Crippen molar-refractivity contribution in [2.24, 2.45) is 5.92 Å². The monoisotopic (exact) mass is 538 g/mol. The molecule has 1 saturated carbocycles. The predicted octanol–water partition coefficient (Wildman–Crippen LogP) is 10.1. The molecule has 0 aliphatic heterocycles. The van der Waals surface area contributed by atoms with Gasteiger partial charge < -0.3 is 4.74 Å². The van der Waals surface area contributed by atoms with Gasteiger partial charge in [-0.05, 0) is 92.0 Å². The van der Waals surface area contributed by atoms with E-state index in [2.05, 4.69) is 43.3 Å². The van der Waals surface area contributed by atoms with Crippen molar-refractivity contribution >= 4 is 0 Å². The van der Waals surface area contributed by atoms with Gasteiger partial charge in [0, 0.05) is 11.1 Å². The lowest BCUT2D eigenvalue weighted by molar-refractivity contribution is 0.363. The number of methoxy groups -OCH3 is 1. The number of halogens is 4. The summed E-state index contributed by atoms with van der Waals surface area (Å²) in [6.45, 7) is 2.22. The minimum atomic E-state index is -1.26. The topological polar surface area (TPSA) is 9.23 Å². The summed E-state index contributed by atoms with van der Waals surface area (Å²) in [7, 11) is 1.21. The lowest BCUT2D eigenvalue weighted by Gasteiger charge is -2.27. The molecule has 39 heavy (non-hydrogen) atoms. The number of rotatable bonds is 11. The van der Waals surface area contributed by atoms with Gasteiger partial charge in [-0.1, -0.05) is 68.3 Å². The number of hydrogen-bond acceptors (Lipinski definition) is 1. The van der Waals surface area contributed by atoms with E-state index in [0.717, 1.165) is 44.9 Å². The minimum Gasteiger partial charge on any atom is -0.494 e. The van der Waals surface area contributed by atoms with Crippen molar-refractivity contribution in [3.63, 3.8) is 0 Å². The summed E-state index contributed by atoms with van der Waals surface area (Å²) in [6, 6.07) is 14.2. The van der Waals surface area contributed by atoms with Crippen LogP contribution in [0.25, 0.3) is 11.1 Å². The zero-order valence-corrected chi connectivity index (χ0v) is 22.9. The molecule has 4 rings (SSSR count). The zero-order chi connectivity index (χ0) is 27.8. The Morgan fingerprint density at radius 2 is 1.33 bits per heavy atom. The van der Waals surface area contributed by atoms with Crippen LogP contribution in [0.1, 0.15) is 80.9 Å². The molecule has 3 aromatic rings. The van der Waals surface area contributed by atoms with Crippen LogP contribution in [0.15, 0.2) is 60.7 Å². The molecule has 1 aliphatic rings. The third-order valence-corrected chi connectivity index (χ3v) is 7.98. The van der Waals surface area contributed by atoms with Gasteiger partial charge in [0.25, 0.3) is 0 Å². The van der Waals surface area contributed by atoms with Gasteiger partial charge in [0.05, 0.1) is 7.11 Å². The van der Waals surface area contributed by atoms with Gasteiger partial charge in [-0.3, -0.25) is 0 Å². The quantitative estimate of drug-likeness (QED) is 0.134. The molecule has 0 atom stereocenters. The van der Waals surface area contributed by atoms with Gasteiger partial charge in [-0.15, -0.1) is 0 Å². The normalized spacial score (nSPS) is 17.6. The molecular formula is C34H38F4O. The van der Waals surface area contributed by atoms with E-state index < -0.39 is 23.3 Å². The maximum Gasteiger partial charge on any atom is 0.201 e. The van der Waals surface area contributed by atoms with Crippen LogP contribution in [0, 0.1) is 29.2 Å². The van der Waals surface area contributed by atoms with Crippen molar-refractivity contribution in [2.45, 2.75) is 77.0 Å². The SMILES string of the molecule is CCCCCc1ccc(CCC=CC2CCC(c3ccc(-c4ccc(OC)c(F)c4F)c(F)c3F)CC2)cc1. The Balaban J connectivity index is 1.30. The van der Waals surface area contributed by atoms with E-state index in [1.165, 1.54) is 61.8 Å². The molecule has 1 fully saturated rings. The van der Waals surface area contributed by atoms with Crippen molar-refractivity contribution in [3.8, 4) is 16.9 Å². The summed E-state index contributed by atoms with van der Waals surface area (Å²) in [5.74, 6) is -4.54. The maximum absolute atomic E-state index is 15.1. The van der Waals surface area contributed by atoms with E-state index in [1.807, 2.05) is 0 Å². The van der Waals surface area contributed by atoms with E-state index in [-0.39, 0.29) is 22.8 Å². The molecule has 0 bridgehead atoms. The van der Waals surface area contributed by atoms with E-state index in [1.54, 1.807) is 0 Å². The predicted molar refractivity (Wildman–Crippen MR) is 150 cm³/mol. The summed E-state index contributed by atoms with van der Waals surface area (Å²) in [4.78, 5) is 0. The Bertz CT molecular complexity index is 1260. The first-order valence-corrected chi connectivity index (χ1v) is 14.2. The molecule has 1 nitrogen and oxygen atoms in total. The Labute approximate surface area is 229 Å². The molecule has 0 N–H and O–H groups in total. The van der Waals surface area contributed by atoms with Crippen molar-refractivity contribution in [3.05, 3.63) is 101 Å². The van der Waals surface area contributed by atoms with E-state index in [9.17, 15) is 8.78 Å². The first kappa shape index (κ1) is 28.9. The standard InChI is InChI=1S/C34H38F4O/c1-3-4-5-8-23-11-13-24(14-12-23)9-6-7-10-25-15-17-26(18-16-25)27-19-20-28(32(36)31(27)35)29-21-22-30(39-2)34(38)33(29)37/h7,10-14,19-22,25-26H,3-6,8-9,15-18H2,1-2H3. The highest BCUT2D eigenvalue weighted by Crippen LogP contribution is 2.40. The molecule has 0 radical (unpaired) electrons. The molecule has 0 amide bonds. The largest absolute Gasteiger partial charge is 0.494 e. The highest BCUT2D eigenvalue weighted by molar-refractivity contribution is 5.66. The second-order valence-electron chi connectivity index (χ2n) is 10.6. The third kappa shape index (κ3) is 7.12. The van der Waals surface area contributed by atoms with Crippen LogP contribution in [0.4, 0.5) is 17.6 Å². The number of benzene rings is 3. The lowest BCUT2D eigenvalue weighted by atomic mass is 9.78. The highest BCUT2D eigenvalue weighted by atomic mass is 19.2. The highest BCUT2D eigenvalue weighted by Gasteiger charge is 2.27. The molecule has 0 aromatic heterocycles. The van der Waals surface area contributed by atoms with Gasteiger partial charge >= 0.3 is 0 Å². The first-order chi connectivity index (χ1) is 18.9. The number of allylic oxidation sites excluding steroid dienone is 2. The Hall–Kier alpha value is -3.08. The van der Waals surface area contributed by atoms with Crippen molar-refractivity contribution in [1.29, 1.82) is 0 Å². The third-order valence-electron chi connectivity index (χ3n) is 7.98. The van der Waals surface area contributed by atoms with Crippen molar-refractivity contribution in [2.75, 3.05) is 7.11 Å². The Kier molecular flexibility index (Phi) is 10.2. The molecule has 0 heterocycles. The van der Waals surface area contributed by atoms with Crippen LogP contribution in [0.5, 0.6) is 5.75 Å². The molecule has 208 valence electrons. The maximum atomic E-state index is 15.1. The number of unbranched alkanes of at least 4 members (excludes halogenated alkanes) is 2. The average Bonchev–Trinajstić information content (AvgIpc) is 2.96. The second kappa shape index (κ2) is 13.8. The fraction of sp³-hybridized carbons (Fsp3) is 0.412. The lowest BCUT2D eigenvalue weighted by Crippen LogP contribution is -2.14. The summed E-state index contributed by atoms with van der Waals surface area (Å²) < 4.78 is 63.5. The summed E-state index contributed by atoms with van der Waals surface area (Å²) >= 11 is 0. The fourth-order valence-corrected chi connectivity index (χ4v) is 5.60. The van der Waals surface area contributed by atoms with Gasteiger partial charge in [0.2, 0.25) is 5.82 Å². The number of aryl methyl sites for hydroxylation is 2. The van der Waals surface area contributed by atoms with Crippen molar-refractivity contribution in [1.82, 2.24) is 0 Å². The van der Waals surface area contributed by atoms with Crippen LogP contribution in [0.2, 0.25) is 0 Å². The van der Waals surface area contributed by atoms with Gasteiger partial charge in [-0.2, -0.15) is 4.39 Å². The van der Waals surface area contributed by atoms with Gasteiger partial charge in [0.15, 0.2) is 23.2 Å². The Morgan fingerprint density at radius 3 is 1.97 bits per heavy atom. The minimum absolute atomic E-state index is 0.0912. The average molecular weight is 539 g/mol. The van der Waals surface area contributed by atoms with Crippen LogP contribution in [0.3, 0.4) is 0 Å². The van der Waals surface area contributed by atoms with E-state index in [4.69, 9.17) is 4.74 Å². The smallest absolute Gasteiger partial charge is 0.201 e.